The first-order chi connectivity index (χ1) is 17.2. The van der Waals surface area contributed by atoms with Crippen LogP contribution in [-0.4, -0.2) is 27.7 Å². The number of nitrogens with zero attached hydrogens (tertiary/aromatic N) is 1. The lowest BCUT2D eigenvalue weighted by Gasteiger charge is -2.18. The molecule has 0 fully saturated rings. The largest absolute Gasteiger partial charge is 0.457 e. The number of aromatic amines is 1. The van der Waals surface area contributed by atoms with E-state index in [4.69, 9.17) is 4.74 Å². The van der Waals surface area contributed by atoms with Crippen LogP contribution in [-0.2, 0) is 28.9 Å². The number of para-hydroxylation sites is 1. The van der Waals surface area contributed by atoms with E-state index in [1.165, 1.54) is 11.9 Å². The Hall–Kier alpha value is -4.19. The average Bonchev–Trinajstić information content (AvgIpc) is 3.39. The van der Waals surface area contributed by atoms with Gasteiger partial charge in [-0.05, 0) is 54.7 Å². The van der Waals surface area contributed by atoms with E-state index in [-0.39, 0.29) is 24.5 Å². The van der Waals surface area contributed by atoms with Gasteiger partial charge in [-0.3, -0.25) is 9.59 Å². The number of amides is 1. The first kappa shape index (κ1) is 24.0. The maximum absolute atomic E-state index is 13.2. The van der Waals surface area contributed by atoms with E-state index in [0.29, 0.717) is 17.9 Å². The van der Waals surface area contributed by atoms with E-state index in [1.807, 2.05) is 72.8 Å². The van der Waals surface area contributed by atoms with Gasteiger partial charge in [0.25, 0.3) is 0 Å². The third kappa shape index (κ3) is 7.67. The first-order valence-corrected chi connectivity index (χ1v) is 11.8. The number of hydrogen-bond acceptors (Lipinski definition) is 4. The molecule has 1 aromatic heterocycles. The van der Waals surface area contributed by atoms with E-state index in [2.05, 4.69) is 27.4 Å². The second-order valence-corrected chi connectivity index (χ2v) is 8.45. The molecule has 6 nitrogen and oxygen atoms in total. The Balaban J connectivity index is 1.36. The number of carbonyl (C=O) groups excluding carboxylic acids is 2. The number of benzene rings is 3. The van der Waals surface area contributed by atoms with Crippen LogP contribution < -0.4 is 10.1 Å². The van der Waals surface area contributed by atoms with Crippen molar-refractivity contribution in [2.45, 2.75) is 38.1 Å². The summed E-state index contributed by atoms with van der Waals surface area (Å²) in [6.07, 6.45) is 5.79. The molecule has 1 heterocycles. The number of H-pyrrole nitrogens is 1. The number of ketones is 1. The van der Waals surface area contributed by atoms with Crippen molar-refractivity contribution in [3.05, 3.63) is 114 Å². The quantitative estimate of drug-likeness (QED) is 0.305. The van der Waals surface area contributed by atoms with Gasteiger partial charge in [0.05, 0.1) is 18.8 Å². The Bertz CT molecular complexity index is 1190. The van der Waals surface area contributed by atoms with Crippen LogP contribution in [0.1, 0.15) is 29.7 Å². The Morgan fingerprint density at radius 2 is 1.51 bits per heavy atom. The molecule has 2 N–H and O–H groups in total. The predicted molar refractivity (Wildman–Crippen MR) is 135 cm³/mol. The third-order valence-electron chi connectivity index (χ3n) is 5.71. The molecule has 0 aliphatic rings. The van der Waals surface area contributed by atoms with Gasteiger partial charge in [-0.1, -0.05) is 60.7 Å². The summed E-state index contributed by atoms with van der Waals surface area (Å²) in [5.74, 6) is 1.26. The Morgan fingerprint density at radius 1 is 0.829 bits per heavy atom. The molecule has 4 aromatic rings. The SMILES string of the molecule is O=C(Cc1cnc[nH]1)N[C@@H](CCCc1ccccc1)C(=O)Cc1ccc(Oc2ccccc2)cc1. The van der Waals surface area contributed by atoms with Crippen LogP contribution in [0.25, 0.3) is 0 Å². The standard InChI is InChI=1S/C29H29N3O3/c33-28(18-23-14-16-26(17-15-23)35-25-11-5-2-6-12-25)27(13-7-10-22-8-3-1-4-9-22)32-29(34)19-24-20-30-21-31-24/h1-6,8-9,11-12,14-17,20-21,27H,7,10,13,18-19H2,(H,30,31)(H,32,34)/t27-/m0/s1. The van der Waals surface area contributed by atoms with Gasteiger partial charge < -0.3 is 15.0 Å². The predicted octanol–water partition coefficient (Wildman–Crippen LogP) is 5.06. The molecule has 6 heteroatoms. The van der Waals surface area contributed by atoms with Crippen molar-refractivity contribution in [3.8, 4) is 11.5 Å². The molecule has 0 radical (unpaired) electrons. The summed E-state index contributed by atoms with van der Waals surface area (Å²) in [7, 11) is 0. The lowest BCUT2D eigenvalue weighted by Crippen LogP contribution is -2.42. The Morgan fingerprint density at radius 3 is 2.20 bits per heavy atom. The summed E-state index contributed by atoms with van der Waals surface area (Å²) in [6.45, 7) is 0. The third-order valence-corrected chi connectivity index (χ3v) is 5.71. The minimum absolute atomic E-state index is 0.00671. The number of aryl methyl sites for hydroxylation is 1. The number of hydrogen-bond donors (Lipinski definition) is 2. The molecule has 1 amide bonds. The smallest absolute Gasteiger partial charge is 0.226 e. The molecular weight excluding hydrogens is 438 g/mol. The maximum atomic E-state index is 13.2. The molecule has 4 rings (SSSR count). The molecule has 178 valence electrons. The normalized spacial score (nSPS) is 11.5. The van der Waals surface area contributed by atoms with E-state index in [1.54, 1.807) is 6.20 Å². The molecule has 0 saturated heterocycles. The molecule has 0 spiro atoms. The minimum Gasteiger partial charge on any atom is -0.457 e. The minimum atomic E-state index is -0.547. The molecule has 0 saturated carbocycles. The molecule has 0 aliphatic carbocycles. The van der Waals surface area contributed by atoms with Crippen LogP contribution >= 0.6 is 0 Å². The van der Waals surface area contributed by atoms with Gasteiger partial charge in [0.15, 0.2) is 5.78 Å². The molecule has 35 heavy (non-hydrogen) atoms. The molecule has 0 aliphatic heterocycles. The highest BCUT2D eigenvalue weighted by atomic mass is 16.5. The lowest BCUT2D eigenvalue weighted by molar-refractivity contribution is -0.127. The number of rotatable bonds is 12. The van der Waals surface area contributed by atoms with Crippen molar-refractivity contribution in [2.24, 2.45) is 0 Å². The second kappa shape index (κ2) is 12.3. The fraction of sp³-hybridized carbons (Fsp3) is 0.207. The molecule has 0 unspecified atom stereocenters. The lowest BCUT2D eigenvalue weighted by atomic mass is 9.97. The monoisotopic (exact) mass is 467 g/mol. The van der Waals surface area contributed by atoms with Crippen molar-refractivity contribution >= 4 is 11.7 Å². The van der Waals surface area contributed by atoms with Crippen LogP contribution in [0.4, 0.5) is 0 Å². The molecule has 0 bridgehead atoms. The van der Waals surface area contributed by atoms with Crippen LogP contribution in [0.5, 0.6) is 11.5 Å². The van der Waals surface area contributed by atoms with Gasteiger partial charge in [0.2, 0.25) is 5.91 Å². The van der Waals surface area contributed by atoms with Crippen molar-refractivity contribution in [1.82, 2.24) is 15.3 Å². The highest BCUT2D eigenvalue weighted by Crippen LogP contribution is 2.21. The number of nitrogens with one attached hydrogen (secondary N) is 2. The summed E-state index contributed by atoms with van der Waals surface area (Å²) in [5, 5.41) is 2.94. The van der Waals surface area contributed by atoms with Crippen LogP contribution in [0, 0.1) is 0 Å². The van der Waals surface area contributed by atoms with Gasteiger partial charge in [-0.25, -0.2) is 4.98 Å². The van der Waals surface area contributed by atoms with Crippen molar-refractivity contribution in [1.29, 1.82) is 0 Å². The zero-order chi connectivity index (χ0) is 24.3. The number of carbonyl (C=O) groups is 2. The molecular formula is C29H29N3O3. The Labute approximate surface area is 205 Å². The van der Waals surface area contributed by atoms with Crippen LogP contribution in [0.2, 0.25) is 0 Å². The van der Waals surface area contributed by atoms with Gasteiger partial charge in [0, 0.05) is 18.3 Å². The number of aromatic nitrogens is 2. The summed E-state index contributed by atoms with van der Waals surface area (Å²) < 4.78 is 5.83. The van der Waals surface area contributed by atoms with Crippen molar-refractivity contribution in [3.63, 3.8) is 0 Å². The maximum Gasteiger partial charge on any atom is 0.226 e. The van der Waals surface area contributed by atoms with E-state index in [0.717, 1.165) is 24.2 Å². The number of Topliss-reactive ketones (excluding diaryl/α,β-unsaturated/α-hetero) is 1. The van der Waals surface area contributed by atoms with Crippen molar-refractivity contribution < 1.29 is 14.3 Å². The van der Waals surface area contributed by atoms with Gasteiger partial charge in [-0.2, -0.15) is 0 Å². The summed E-state index contributed by atoms with van der Waals surface area (Å²) in [6, 6.07) is 26.7. The van der Waals surface area contributed by atoms with E-state index < -0.39 is 6.04 Å². The summed E-state index contributed by atoms with van der Waals surface area (Å²) >= 11 is 0. The summed E-state index contributed by atoms with van der Waals surface area (Å²) in [5.41, 5.74) is 2.81. The fourth-order valence-electron chi connectivity index (χ4n) is 3.89. The Kier molecular flexibility index (Phi) is 8.43. The van der Waals surface area contributed by atoms with Gasteiger partial charge in [-0.15, -0.1) is 0 Å². The molecule has 1 atom stereocenters. The first-order valence-electron chi connectivity index (χ1n) is 11.8. The van der Waals surface area contributed by atoms with E-state index >= 15 is 0 Å². The molecule has 3 aromatic carbocycles. The number of imidazole rings is 1. The van der Waals surface area contributed by atoms with Crippen LogP contribution in [0.3, 0.4) is 0 Å². The zero-order valence-corrected chi connectivity index (χ0v) is 19.5. The highest BCUT2D eigenvalue weighted by molar-refractivity contribution is 5.90. The van der Waals surface area contributed by atoms with Crippen LogP contribution in [0.15, 0.2) is 97.5 Å². The van der Waals surface area contributed by atoms with Gasteiger partial charge >= 0.3 is 0 Å². The summed E-state index contributed by atoms with van der Waals surface area (Å²) in [4.78, 5) is 32.7. The fourth-order valence-corrected chi connectivity index (χ4v) is 3.89. The number of ether oxygens (including phenoxy) is 1. The van der Waals surface area contributed by atoms with E-state index in [9.17, 15) is 9.59 Å². The van der Waals surface area contributed by atoms with Crippen molar-refractivity contribution in [2.75, 3.05) is 0 Å². The highest BCUT2D eigenvalue weighted by Gasteiger charge is 2.21. The van der Waals surface area contributed by atoms with Gasteiger partial charge in [0.1, 0.15) is 11.5 Å². The topological polar surface area (TPSA) is 84.1 Å². The average molecular weight is 468 g/mol. The zero-order valence-electron chi connectivity index (χ0n) is 19.5. The second-order valence-electron chi connectivity index (χ2n) is 8.45.